The molecule has 0 aromatic carbocycles. The van der Waals surface area contributed by atoms with Gasteiger partial charge in [0.15, 0.2) is 9.84 Å². The number of hydrogen-bond acceptors (Lipinski definition) is 4. The highest BCUT2D eigenvalue weighted by Gasteiger charge is 2.31. The van der Waals surface area contributed by atoms with Crippen LogP contribution in [0.3, 0.4) is 0 Å². The second-order valence-corrected chi connectivity index (χ2v) is 6.94. The second kappa shape index (κ2) is 4.78. The largest absolute Gasteiger partial charge is 0.319 e. The molecule has 0 saturated carbocycles. The minimum Gasteiger partial charge on any atom is -0.319 e. The molecule has 2 atom stereocenters. The molecule has 0 amide bonds. The molecule has 1 saturated heterocycles. The molecule has 2 unspecified atom stereocenters. The third-order valence-corrected chi connectivity index (χ3v) is 5.02. The highest BCUT2D eigenvalue weighted by Crippen LogP contribution is 2.26. The van der Waals surface area contributed by atoms with Crippen LogP contribution in [0.1, 0.15) is 31.0 Å². The summed E-state index contributed by atoms with van der Waals surface area (Å²) in [6.07, 6.45) is 2.44. The maximum absolute atomic E-state index is 11.5. The van der Waals surface area contributed by atoms with Crippen molar-refractivity contribution in [1.29, 1.82) is 0 Å². The summed E-state index contributed by atoms with van der Waals surface area (Å²) in [6.45, 7) is 2.98. The average Bonchev–Trinajstić information content (AvgIpc) is 2.84. The summed E-state index contributed by atoms with van der Waals surface area (Å²) in [5.41, 5.74) is 1.11. The minimum atomic E-state index is -2.85. The van der Waals surface area contributed by atoms with Crippen molar-refractivity contribution in [2.24, 2.45) is 0 Å². The van der Waals surface area contributed by atoms with Crippen molar-refractivity contribution in [3.05, 3.63) is 18.0 Å². The summed E-state index contributed by atoms with van der Waals surface area (Å²) < 4.78 is 24.9. The van der Waals surface area contributed by atoms with Crippen LogP contribution in [0.5, 0.6) is 0 Å². The predicted molar refractivity (Wildman–Crippen MR) is 66.9 cm³/mol. The molecule has 2 rings (SSSR count). The Labute approximate surface area is 102 Å². The van der Waals surface area contributed by atoms with Gasteiger partial charge in [-0.15, -0.1) is 0 Å². The molecule has 2 heterocycles. The lowest BCUT2D eigenvalue weighted by molar-refractivity contribution is 0.462. The van der Waals surface area contributed by atoms with Crippen LogP contribution in [0.4, 0.5) is 0 Å². The van der Waals surface area contributed by atoms with Gasteiger partial charge in [0.25, 0.3) is 0 Å². The molecular weight excluding hydrogens is 238 g/mol. The van der Waals surface area contributed by atoms with E-state index in [1.54, 1.807) is 6.20 Å². The number of aromatic nitrogens is 2. The Morgan fingerprint density at radius 1 is 1.65 bits per heavy atom. The van der Waals surface area contributed by atoms with Crippen molar-refractivity contribution in [2.75, 3.05) is 25.1 Å². The van der Waals surface area contributed by atoms with Crippen LogP contribution >= 0.6 is 0 Å². The molecule has 1 aromatic rings. The Bertz CT molecular complexity index is 481. The molecule has 0 bridgehead atoms. The number of sulfone groups is 1. The average molecular weight is 257 g/mol. The summed E-state index contributed by atoms with van der Waals surface area (Å²) in [6, 6.07) is 2.00. The van der Waals surface area contributed by atoms with Crippen LogP contribution in [0, 0.1) is 0 Å². The van der Waals surface area contributed by atoms with E-state index in [1.807, 2.05) is 17.8 Å². The van der Waals surface area contributed by atoms with E-state index < -0.39 is 9.84 Å². The van der Waals surface area contributed by atoms with Crippen molar-refractivity contribution >= 4 is 9.84 Å². The van der Waals surface area contributed by atoms with Crippen molar-refractivity contribution in [3.8, 4) is 0 Å². The van der Waals surface area contributed by atoms with Crippen LogP contribution in [-0.2, 0) is 9.84 Å². The van der Waals surface area contributed by atoms with Gasteiger partial charge in [0.2, 0.25) is 0 Å². The molecule has 1 aromatic heterocycles. The highest BCUT2D eigenvalue weighted by atomic mass is 32.2. The molecule has 96 valence electrons. The minimum absolute atomic E-state index is 0.0179. The first-order chi connectivity index (χ1) is 8.03. The van der Waals surface area contributed by atoms with Gasteiger partial charge in [-0.3, -0.25) is 4.68 Å². The number of nitrogens with one attached hydrogen (secondary N) is 1. The van der Waals surface area contributed by atoms with E-state index in [2.05, 4.69) is 17.3 Å². The standard InChI is InChI=1S/C11H19N3O2S/c1-9(7-12-2)11-3-5-13-14(11)10-4-6-17(15,16)8-10/h3,5,9-10,12H,4,6-8H2,1-2H3. The monoisotopic (exact) mass is 257 g/mol. The normalized spacial score (nSPS) is 24.9. The Morgan fingerprint density at radius 2 is 2.41 bits per heavy atom. The molecular formula is C11H19N3O2S. The number of nitrogens with zero attached hydrogens (tertiary/aromatic N) is 2. The van der Waals surface area contributed by atoms with Crippen molar-refractivity contribution in [3.63, 3.8) is 0 Å². The van der Waals surface area contributed by atoms with Crippen LogP contribution < -0.4 is 5.32 Å². The van der Waals surface area contributed by atoms with E-state index in [4.69, 9.17) is 0 Å². The highest BCUT2D eigenvalue weighted by molar-refractivity contribution is 7.91. The van der Waals surface area contributed by atoms with E-state index in [1.165, 1.54) is 0 Å². The molecule has 1 N–H and O–H groups in total. The van der Waals surface area contributed by atoms with Gasteiger partial charge in [-0.1, -0.05) is 6.92 Å². The quantitative estimate of drug-likeness (QED) is 0.856. The smallest absolute Gasteiger partial charge is 0.152 e. The van der Waals surface area contributed by atoms with Crippen LogP contribution in [0.15, 0.2) is 12.3 Å². The third-order valence-electron chi connectivity index (χ3n) is 3.27. The van der Waals surface area contributed by atoms with Crippen LogP contribution in [-0.4, -0.2) is 43.3 Å². The summed E-state index contributed by atoms with van der Waals surface area (Å²) in [5, 5.41) is 7.42. The molecule has 1 aliphatic heterocycles. The summed E-state index contributed by atoms with van der Waals surface area (Å²) in [4.78, 5) is 0. The molecule has 6 heteroatoms. The fraction of sp³-hybridized carbons (Fsp3) is 0.727. The molecule has 1 fully saturated rings. The summed E-state index contributed by atoms with van der Waals surface area (Å²) >= 11 is 0. The zero-order valence-electron chi connectivity index (χ0n) is 10.3. The zero-order chi connectivity index (χ0) is 12.5. The first kappa shape index (κ1) is 12.6. The lowest BCUT2D eigenvalue weighted by atomic mass is 10.1. The van der Waals surface area contributed by atoms with Gasteiger partial charge in [0.1, 0.15) is 0 Å². The molecule has 0 radical (unpaired) electrons. The Balaban J connectivity index is 2.20. The van der Waals surface area contributed by atoms with Gasteiger partial charge < -0.3 is 5.32 Å². The van der Waals surface area contributed by atoms with E-state index in [0.29, 0.717) is 12.3 Å². The number of likely N-dealkylation sites (N-methyl/N-ethyl adjacent to an activating group) is 1. The third kappa shape index (κ3) is 2.69. The SMILES string of the molecule is CNCC(C)c1ccnn1C1CCS(=O)(=O)C1. The molecule has 0 aliphatic carbocycles. The van der Waals surface area contributed by atoms with Gasteiger partial charge in [-0.2, -0.15) is 5.10 Å². The van der Waals surface area contributed by atoms with Gasteiger partial charge in [0, 0.05) is 24.4 Å². The van der Waals surface area contributed by atoms with E-state index >= 15 is 0 Å². The predicted octanol–water partition coefficient (Wildman–Crippen LogP) is 0.566. The van der Waals surface area contributed by atoms with Crippen LogP contribution in [0.25, 0.3) is 0 Å². The zero-order valence-corrected chi connectivity index (χ0v) is 11.1. The number of hydrogen-bond donors (Lipinski definition) is 1. The van der Waals surface area contributed by atoms with Gasteiger partial charge in [-0.05, 0) is 19.5 Å². The van der Waals surface area contributed by atoms with E-state index in [-0.39, 0.29) is 17.5 Å². The Kier molecular flexibility index (Phi) is 3.53. The Morgan fingerprint density at radius 3 is 3.00 bits per heavy atom. The van der Waals surface area contributed by atoms with Gasteiger partial charge >= 0.3 is 0 Å². The fourth-order valence-corrected chi connectivity index (χ4v) is 4.09. The summed E-state index contributed by atoms with van der Waals surface area (Å²) in [5.74, 6) is 0.858. The first-order valence-electron chi connectivity index (χ1n) is 5.92. The second-order valence-electron chi connectivity index (χ2n) is 4.72. The van der Waals surface area contributed by atoms with Crippen molar-refractivity contribution in [2.45, 2.75) is 25.3 Å². The van der Waals surface area contributed by atoms with Crippen molar-refractivity contribution < 1.29 is 8.42 Å². The fourth-order valence-electron chi connectivity index (χ4n) is 2.40. The lowest BCUT2D eigenvalue weighted by Gasteiger charge is -2.17. The Hall–Kier alpha value is -0.880. The first-order valence-corrected chi connectivity index (χ1v) is 7.74. The molecule has 1 aliphatic rings. The van der Waals surface area contributed by atoms with E-state index in [0.717, 1.165) is 12.2 Å². The molecule has 17 heavy (non-hydrogen) atoms. The lowest BCUT2D eigenvalue weighted by Crippen LogP contribution is -2.21. The van der Waals surface area contributed by atoms with Gasteiger partial charge in [0.05, 0.1) is 17.5 Å². The maximum Gasteiger partial charge on any atom is 0.152 e. The number of rotatable bonds is 4. The van der Waals surface area contributed by atoms with Crippen molar-refractivity contribution in [1.82, 2.24) is 15.1 Å². The topological polar surface area (TPSA) is 64.0 Å². The molecule has 0 spiro atoms. The molecule has 5 nitrogen and oxygen atoms in total. The maximum atomic E-state index is 11.5. The summed E-state index contributed by atoms with van der Waals surface area (Å²) in [7, 11) is -0.939. The van der Waals surface area contributed by atoms with Gasteiger partial charge in [-0.25, -0.2) is 8.42 Å². The van der Waals surface area contributed by atoms with Crippen LogP contribution in [0.2, 0.25) is 0 Å². The van der Waals surface area contributed by atoms with E-state index in [9.17, 15) is 8.42 Å².